The summed E-state index contributed by atoms with van der Waals surface area (Å²) in [5.74, 6) is 1.06. The second-order valence-electron chi connectivity index (χ2n) is 7.03. The molecule has 2 aliphatic heterocycles. The Hall–Kier alpha value is -1.97. The zero-order chi connectivity index (χ0) is 19.8. The van der Waals surface area contributed by atoms with Crippen molar-refractivity contribution in [1.29, 1.82) is 0 Å². The predicted octanol–water partition coefficient (Wildman–Crippen LogP) is 0.739. The molecule has 0 aliphatic carbocycles. The molecule has 0 spiro atoms. The molecule has 1 aromatic heterocycles. The SMILES string of the molecule is COCC(C)NC(=NC[C@@H]1COCCO1)N1CCN(c2cccc(F)n2)CC1. The predicted molar refractivity (Wildman–Crippen MR) is 105 cm³/mol. The summed E-state index contributed by atoms with van der Waals surface area (Å²) in [7, 11) is 1.69. The normalized spacial score (nSPS) is 22.2. The lowest BCUT2D eigenvalue weighted by Gasteiger charge is -2.38. The van der Waals surface area contributed by atoms with Crippen molar-refractivity contribution in [3.05, 3.63) is 24.1 Å². The third-order valence-electron chi connectivity index (χ3n) is 4.73. The Balaban J connectivity index is 1.61. The summed E-state index contributed by atoms with van der Waals surface area (Å²) in [6.07, 6.45) is -0.0129. The number of guanidine groups is 1. The van der Waals surface area contributed by atoms with E-state index in [0.717, 1.165) is 32.1 Å². The number of nitrogens with zero attached hydrogens (tertiary/aromatic N) is 4. The zero-order valence-corrected chi connectivity index (χ0v) is 16.6. The molecule has 2 aliphatic rings. The minimum atomic E-state index is -0.452. The van der Waals surface area contributed by atoms with Crippen LogP contribution in [0.15, 0.2) is 23.2 Å². The number of pyridine rings is 1. The van der Waals surface area contributed by atoms with Gasteiger partial charge in [-0.3, -0.25) is 4.99 Å². The molecule has 3 rings (SSSR count). The molecule has 9 heteroatoms. The summed E-state index contributed by atoms with van der Waals surface area (Å²) < 4.78 is 29.8. The van der Waals surface area contributed by atoms with E-state index < -0.39 is 5.95 Å². The highest BCUT2D eigenvalue weighted by Crippen LogP contribution is 2.14. The summed E-state index contributed by atoms with van der Waals surface area (Å²) in [4.78, 5) is 13.1. The van der Waals surface area contributed by atoms with Crippen molar-refractivity contribution in [2.24, 2.45) is 4.99 Å². The maximum Gasteiger partial charge on any atom is 0.214 e. The van der Waals surface area contributed by atoms with Gasteiger partial charge < -0.3 is 29.3 Å². The molecule has 0 saturated carbocycles. The van der Waals surface area contributed by atoms with Crippen LogP contribution in [0, 0.1) is 5.95 Å². The fourth-order valence-corrected chi connectivity index (χ4v) is 3.30. The molecule has 2 atom stereocenters. The molecule has 8 nitrogen and oxygen atoms in total. The Morgan fingerprint density at radius 2 is 2.18 bits per heavy atom. The van der Waals surface area contributed by atoms with Gasteiger partial charge in [0.05, 0.1) is 33.0 Å². The van der Waals surface area contributed by atoms with Crippen molar-refractivity contribution in [2.75, 3.05) is 71.2 Å². The lowest BCUT2D eigenvalue weighted by molar-refractivity contribution is -0.0833. The zero-order valence-electron chi connectivity index (χ0n) is 16.6. The fraction of sp³-hybridized carbons (Fsp3) is 0.684. The smallest absolute Gasteiger partial charge is 0.214 e. The molecule has 2 saturated heterocycles. The van der Waals surface area contributed by atoms with Gasteiger partial charge in [-0.15, -0.1) is 0 Å². The molecular weight excluding hydrogens is 365 g/mol. The third-order valence-corrected chi connectivity index (χ3v) is 4.73. The molecule has 28 heavy (non-hydrogen) atoms. The van der Waals surface area contributed by atoms with Crippen LogP contribution in [0.4, 0.5) is 10.2 Å². The molecular formula is C19H30FN5O3. The number of anilines is 1. The topological polar surface area (TPSA) is 71.5 Å². The van der Waals surface area contributed by atoms with E-state index in [0.29, 0.717) is 38.8 Å². The Bertz CT molecular complexity index is 634. The van der Waals surface area contributed by atoms with E-state index in [-0.39, 0.29) is 12.1 Å². The largest absolute Gasteiger partial charge is 0.383 e. The van der Waals surface area contributed by atoms with E-state index in [1.807, 2.05) is 6.07 Å². The van der Waals surface area contributed by atoms with Gasteiger partial charge in [-0.2, -0.15) is 4.39 Å². The van der Waals surface area contributed by atoms with Crippen LogP contribution in [0.3, 0.4) is 0 Å². The molecule has 2 fully saturated rings. The van der Waals surface area contributed by atoms with Gasteiger partial charge in [-0.25, -0.2) is 4.98 Å². The molecule has 3 heterocycles. The van der Waals surface area contributed by atoms with E-state index >= 15 is 0 Å². The van der Waals surface area contributed by atoms with Gasteiger partial charge in [-0.05, 0) is 19.1 Å². The van der Waals surface area contributed by atoms with E-state index in [4.69, 9.17) is 19.2 Å². The third kappa shape index (κ3) is 6.02. The Morgan fingerprint density at radius 3 is 2.86 bits per heavy atom. The first kappa shape index (κ1) is 20.8. The molecule has 0 aromatic carbocycles. The number of methoxy groups -OCH3 is 1. The van der Waals surface area contributed by atoms with Gasteiger partial charge in [0.2, 0.25) is 5.95 Å². The number of aromatic nitrogens is 1. The summed E-state index contributed by atoms with van der Waals surface area (Å²) >= 11 is 0. The van der Waals surface area contributed by atoms with Crippen molar-refractivity contribution in [2.45, 2.75) is 19.1 Å². The molecule has 1 unspecified atom stereocenters. The highest BCUT2D eigenvalue weighted by molar-refractivity contribution is 5.80. The summed E-state index contributed by atoms with van der Waals surface area (Å²) in [6, 6.07) is 5.03. The number of ether oxygens (including phenoxy) is 3. The molecule has 1 aromatic rings. The maximum absolute atomic E-state index is 13.4. The van der Waals surface area contributed by atoms with Crippen molar-refractivity contribution in [3.63, 3.8) is 0 Å². The second-order valence-corrected chi connectivity index (χ2v) is 7.03. The number of piperazine rings is 1. The van der Waals surface area contributed by atoms with E-state index in [9.17, 15) is 4.39 Å². The lowest BCUT2D eigenvalue weighted by atomic mass is 10.3. The number of rotatable bonds is 6. The Labute approximate surface area is 165 Å². The van der Waals surface area contributed by atoms with Crippen LogP contribution in [0.2, 0.25) is 0 Å². The Kier molecular flexibility index (Phi) is 7.81. The van der Waals surface area contributed by atoms with Crippen molar-refractivity contribution >= 4 is 11.8 Å². The average Bonchev–Trinajstić information content (AvgIpc) is 2.72. The van der Waals surface area contributed by atoms with E-state index in [1.54, 1.807) is 13.2 Å². The van der Waals surface area contributed by atoms with Crippen LogP contribution in [-0.2, 0) is 14.2 Å². The standard InChI is InChI=1S/C19H30FN5O3/c1-15(13-26-2)22-19(21-12-16-14-27-10-11-28-16)25-8-6-24(7-9-25)18-5-3-4-17(20)23-18/h3-5,15-16H,6-14H2,1-2H3,(H,21,22)/t15?,16-/m1/s1. The first-order valence-corrected chi connectivity index (χ1v) is 9.77. The fourth-order valence-electron chi connectivity index (χ4n) is 3.30. The second kappa shape index (κ2) is 10.5. The van der Waals surface area contributed by atoms with Gasteiger partial charge in [0.15, 0.2) is 5.96 Å². The summed E-state index contributed by atoms with van der Waals surface area (Å²) in [5.41, 5.74) is 0. The highest BCUT2D eigenvalue weighted by Gasteiger charge is 2.23. The monoisotopic (exact) mass is 395 g/mol. The van der Waals surface area contributed by atoms with Crippen LogP contribution in [0.1, 0.15) is 6.92 Å². The maximum atomic E-state index is 13.4. The number of hydrogen-bond acceptors (Lipinski definition) is 6. The summed E-state index contributed by atoms with van der Waals surface area (Å²) in [6.45, 7) is 8.07. The van der Waals surface area contributed by atoms with Crippen LogP contribution in [0.5, 0.6) is 0 Å². The highest BCUT2D eigenvalue weighted by atomic mass is 19.1. The number of aliphatic imine (C=N–C) groups is 1. The van der Waals surface area contributed by atoms with Crippen molar-refractivity contribution in [3.8, 4) is 0 Å². The molecule has 0 bridgehead atoms. The van der Waals surface area contributed by atoms with Gasteiger partial charge >= 0.3 is 0 Å². The summed E-state index contributed by atoms with van der Waals surface area (Å²) in [5, 5.41) is 3.45. The number of hydrogen-bond donors (Lipinski definition) is 1. The van der Waals surface area contributed by atoms with Crippen LogP contribution in [0.25, 0.3) is 0 Å². The molecule has 1 N–H and O–H groups in total. The van der Waals surface area contributed by atoms with Crippen LogP contribution >= 0.6 is 0 Å². The quantitative estimate of drug-likeness (QED) is 0.433. The van der Waals surface area contributed by atoms with Gasteiger partial charge in [0.25, 0.3) is 0 Å². The number of nitrogens with one attached hydrogen (secondary N) is 1. The molecule has 0 radical (unpaired) electrons. The van der Waals surface area contributed by atoms with Gasteiger partial charge in [0, 0.05) is 39.3 Å². The average molecular weight is 395 g/mol. The van der Waals surface area contributed by atoms with Crippen LogP contribution < -0.4 is 10.2 Å². The first-order valence-electron chi connectivity index (χ1n) is 9.77. The minimum Gasteiger partial charge on any atom is -0.383 e. The van der Waals surface area contributed by atoms with Crippen molar-refractivity contribution < 1.29 is 18.6 Å². The lowest BCUT2D eigenvalue weighted by Crippen LogP contribution is -2.55. The van der Waals surface area contributed by atoms with E-state index in [2.05, 4.69) is 27.0 Å². The molecule has 156 valence electrons. The van der Waals surface area contributed by atoms with Gasteiger partial charge in [-0.1, -0.05) is 6.07 Å². The minimum absolute atomic E-state index is 0.0129. The Morgan fingerprint density at radius 1 is 1.36 bits per heavy atom. The van der Waals surface area contributed by atoms with E-state index in [1.165, 1.54) is 6.07 Å². The number of halogens is 1. The van der Waals surface area contributed by atoms with Crippen LogP contribution in [-0.4, -0.2) is 94.3 Å². The van der Waals surface area contributed by atoms with Gasteiger partial charge in [0.1, 0.15) is 11.9 Å². The first-order chi connectivity index (χ1) is 13.7. The molecule has 0 amide bonds. The van der Waals surface area contributed by atoms with Crippen molar-refractivity contribution in [1.82, 2.24) is 15.2 Å².